The van der Waals surface area contributed by atoms with E-state index in [0.29, 0.717) is 17.7 Å². The molecule has 0 saturated heterocycles. The van der Waals surface area contributed by atoms with Crippen molar-refractivity contribution in [2.24, 2.45) is 0 Å². The maximum absolute atomic E-state index is 13.0. The number of carbonyl (C=O) groups excluding carboxylic acids is 1. The van der Waals surface area contributed by atoms with E-state index in [2.05, 4.69) is 20.9 Å². The number of nitrogens with zero attached hydrogens (tertiary/aromatic N) is 2. The van der Waals surface area contributed by atoms with E-state index in [1.165, 1.54) is 0 Å². The minimum Gasteiger partial charge on any atom is -0.497 e. The van der Waals surface area contributed by atoms with Crippen molar-refractivity contribution >= 4 is 27.4 Å². The molecule has 0 N–H and O–H groups in total. The molecule has 3 rings (SSSR count). The van der Waals surface area contributed by atoms with Crippen LogP contribution in [-0.2, 0) is 6.42 Å². The zero-order valence-corrected chi connectivity index (χ0v) is 14.8. The van der Waals surface area contributed by atoms with E-state index in [-0.39, 0.29) is 5.78 Å². The number of aryl methyl sites for hydroxylation is 2. The first kappa shape index (κ1) is 15.7. The van der Waals surface area contributed by atoms with Crippen LogP contribution in [0.1, 0.15) is 34.2 Å². The minimum atomic E-state index is -0.0345. The van der Waals surface area contributed by atoms with Crippen molar-refractivity contribution in [3.63, 3.8) is 0 Å². The van der Waals surface area contributed by atoms with Crippen LogP contribution in [0.2, 0.25) is 0 Å². The van der Waals surface area contributed by atoms with Crippen molar-refractivity contribution in [1.82, 2.24) is 9.38 Å². The monoisotopic (exact) mass is 372 g/mol. The molecule has 2 heterocycles. The molecule has 0 aliphatic carbocycles. The molecule has 2 aromatic heterocycles. The van der Waals surface area contributed by atoms with Crippen LogP contribution in [0, 0.1) is 6.92 Å². The summed E-state index contributed by atoms with van der Waals surface area (Å²) >= 11 is 3.53. The third-order valence-electron chi connectivity index (χ3n) is 3.88. The standard InChI is InChI=1S/C18H17BrN2O2/c1-4-15-17(18(22)12-5-7-13(23-3)8-6-12)21-10-14(19)11(2)9-16(21)20-15/h5-10H,4H2,1-3H3. The Morgan fingerprint density at radius 2 is 2.00 bits per heavy atom. The number of carbonyl (C=O) groups is 1. The molecule has 4 nitrogen and oxygen atoms in total. The van der Waals surface area contributed by atoms with Crippen LogP contribution in [0.25, 0.3) is 5.65 Å². The zero-order valence-electron chi connectivity index (χ0n) is 13.3. The molecule has 0 atom stereocenters. The number of rotatable bonds is 4. The highest BCUT2D eigenvalue weighted by atomic mass is 79.9. The maximum Gasteiger partial charge on any atom is 0.211 e. The fourth-order valence-corrected chi connectivity index (χ4v) is 2.89. The number of aromatic nitrogens is 2. The van der Waals surface area contributed by atoms with Gasteiger partial charge in [0.25, 0.3) is 0 Å². The molecule has 0 bridgehead atoms. The van der Waals surface area contributed by atoms with E-state index in [4.69, 9.17) is 4.74 Å². The second-order valence-corrected chi connectivity index (χ2v) is 6.21. The fraction of sp³-hybridized carbons (Fsp3) is 0.222. The quantitative estimate of drug-likeness (QED) is 0.644. The van der Waals surface area contributed by atoms with E-state index < -0.39 is 0 Å². The molecule has 0 unspecified atom stereocenters. The van der Waals surface area contributed by atoms with Crippen LogP contribution in [0.15, 0.2) is 41.0 Å². The van der Waals surface area contributed by atoms with Crippen LogP contribution < -0.4 is 4.74 Å². The summed E-state index contributed by atoms with van der Waals surface area (Å²) in [6.07, 6.45) is 2.61. The summed E-state index contributed by atoms with van der Waals surface area (Å²) in [6, 6.07) is 9.13. The van der Waals surface area contributed by atoms with Crippen LogP contribution in [0.3, 0.4) is 0 Å². The van der Waals surface area contributed by atoms with Gasteiger partial charge in [0.1, 0.15) is 17.1 Å². The van der Waals surface area contributed by atoms with Gasteiger partial charge in [-0.05, 0) is 65.2 Å². The summed E-state index contributed by atoms with van der Waals surface area (Å²) in [5, 5.41) is 0. The minimum absolute atomic E-state index is 0.0345. The molecule has 3 aromatic rings. The average molecular weight is 373 g/mol. The van der Waals surface area contributed by atoms with Gasteiger partial charge in [-0.2, -0.15) is 0 Å². The summed E-state index contributed by atoms with van der Waals surface area (Å²) in [7, 11) is 1.61. The summed E-state index contributed by atoms with van der Waals surface area (Å²) in [6.45, 7) is 4.02. The van der Waals surface area contributed by atoms with Crippen molar-refractivity contribution in [2.45, 2.75) is 20.3 Å². The molecule has 0 fully saturated rings. The SMILES string of the molecule is CCc1nc2cc(C)c(Br)cn2c1C(=O)c1ccc(OC)cc1. The molecule has 23 heavy (non-hydrogen) atoms. The number of ketones is 1. The number of hydrogen-bond acceptors (Lipinski definition) is 3. The molecule has 118 valence electrons. The van der Waals surface area contributed by atoms with E-state index in [1.807, 2.05) is 30.5 Å². The second-order valence-electron chi connectivity index (χ2n) is 5.35. The van der Waals surface area contributed by atoms with Crippen molar-refractivity contribution in [3.8, 4) is 5.75 Å². The number of pyridine rings is 1. The Balaban J connectivity index is 2.16. The lowest BCUT2D eigenvalue weighted by molar-refractivity contribution is 0.103. The zero-order chi connectivity index (χ0) is 16.6. The number of ether oxygens (including phenoxy) is 1. The number of methoxy groups -OCH3 is 1. The third kappa shape index (κ3) is 2.77. The van der Waals surface area contributed by atoms with Gasteiger partial charge >= 0.3 is 0 Å². The highest BCUT2D eigenvalue weighted by Gasteiger charge is 2.20. The average Bonchev–Trinajstić information content (AvgIpc) is 2.92. The maximum atomic E-state index is 13.0. The highest BCUT2D eigenvalue weighted by Crippen LogP contribution is 2.24. The lowest BCUT2D eigenvalue weighted by Gasteiger charge is -2.06. The second kappa shape index (κ2) is 6.16. The van der Waals surface area contributed by atoms with Gasteiger partial charge in [-0.1, -0.05) is 6.92 Å². The van der Waals surface area contributed by atoms with Gasteiger partial charge in [0.05, 0.1) is 12.8 Å². The molecule has 0 amide bonds. The highest BCUT2D eigenvalue weighted by molar-refractivity contribution is 9.10. The van der Waals surface area contributed by atoms with Crippen molar-refractivity contribution in [2.75, 3.05) is 7.11 Å². The molecular weight excluding hydrogens is 356 g/mol. The lowest BCUT2D eigenvalue weighted by Crippen LogP contribution is -2.08. The van der Waals surface area contributed by atoms with Crippen LogP contribution in [-0.4, -0.2) is 22.3 Å². The first-order valence-electron chi connectivity index (χ1n) is 7.41. The Hall–Kier alpha value is -2.14. The predicted molar refractivity (Wildman–Crippen MR) is 93.4 cm³/mol. The van der Waals surface area contributed by atoms with Gasteiger partial charge in [-0.25, -0.2) is 4.98 Å². The van der Waals surface area contributed by atoms with E-state index in [0.717, 1.165) is 27.1 Å². The normalized spacial score (nSPS) is 11.0. The summed E-state index contributed by atoms with van der Waals surface area (Å²) in [5.74, 6) is 0.696. The van der Waals surface area contributed by atoms with E-state index in [1.54, 1.807) is 31.4 Å². The summed E-state index contributed by atoms with van der Waals surface area (Å²) in [5.41, 5.74) is 3.93. The fourth-order valence-electron chi connectivity index (χ4n) is 2.58. The first-order chi connectivity index (χ1) is 11.0. The van der Waals surface area contributed by atoms with Crippen LogP contribution >= 0.6 is 15.9 Å². The molecule has 0 saturated carbocycles. The molecule has 0 aliphatic rings. The number of fused-ring (bicyclic) bond motifs is 1. The van der Waals surface area contributed by atoms with Gasteiger partial charge in [0.2, 0.25) is 5.78 Å². The van der Waals surface area contributed by atoms with Gasteiger partial charge in [-0.3, -0.25) is 9.20 Å². The Morgan fingerprint density at radius 1 is 1.30 bits per heavy atom. The van der Waals surface area contributed by atoms with Gasteiger partial charge in [-0.15, -0.1) is 0 Å². The van der Waals surface area contributed by atoms with Crippen molar-refractivity contribution in [1.29, 1.82) is 0 Å². The third-order valence-corrected chi connectivity index (χ3v) is 4.71. The van der Waals surface area contributed by atoms with E-state index in [9.17, 15) is 4.79 Å². The first-order valence-corrected chi connectivity index (χ1v) is 8.20. The summed E-state index contributed by atoms with van der Waals surface area (Å²) < 4.78 is 7.96. The molecule has 1 aromatic carbocycles. The number of halogens is 1. The Morgan fingerprint density at radius 3 is 2.61 bits per heavy atom. The topological polar surface area (TPSA) is 43.6 Å². The van der Waals surface area contributed by atoms with Crippen LogP contribution in [0.5, 0.6) is 5.75 Å². The van der Waals surface area contributed by atoms with Gasteiger partial charge in [0, 0.05) is 16.2 Å². The number of hydrogen-bond donors (Lipinski definition) is 0. The lowest BCUT2D eigenvalue weighted by atomic mass is 10.1. The number of benzene rings is 1. The molecule has 5 heteroatoms. The molecular formula is C18H17BrN2O2. The molecule has 0 aliphatic heterocycles. The Kier molecular flexibility index (Phi) is 4.22. The molecule has 0 spiro atoms. The predicted octanol–water partition coefficient (Wildman–Crippen LogP) is 4.21. The van der Waals surface area contributed by atoms with Crippen molar-refractivity contribution in [3.05, 3.63) is 63.5 Å². The largest absolute Gasteiger partial charge is 0.497 e. The Labute approximate surface area is 143 Å². The Bertz CT molecular complexity index is 882. The summed E-state index contributed by atoms with van der Waals surface area (Å²) in [4.78, 5) is 17.6. The van der Waals surface area contributed by atoms with Crippen LogP contribution in [0.4, 0.5) is 0 Å². The smallest absolute Gasteiger partial charge is 0.211 e. The van der Waals surface area contributed by atoms with E-state index >= 15 is 0 Å². The molecule has 0 radical (unpaired) electrons. The van der Waals surface area contributed by atoms with Gasteiger partial charge in [0.15, 0.2) is 0 Å². The van der Waals surface area contributed by atoms with Gasteiger partial charge < -0.3 is 4.74 Å². The van der Waals surface area contributed by atoms with Crippen molar-refractivity contribution < 1.29 is 9.53 Å². The number of imidazole rings is 1.